The third-order valence-electron chi connectivity index (χ3n) is 4.32. The van der Waals surface area contributed by atoms with Crippen molar-refractivity contribution in [3.05, 3.63) is 77.5 Å². The fourth-order valence-electron chi connectivity index (χ4n) is 3.18. The maximum atomic E-state index is 12.7. The molecule has 23 heavy (non-hydrogen) atoms. The molecule has 4 rings (SSSR count). The van der Waals surface area contributed by atoms with E-state index in [0.717, 1.165) is 22.1 Å². The van der Waals surface area contributed by atoms with Gasteiger partial charge >= 0.3 is 0 Å². The smallest absolute Gasteiger partial charge is 0.211 e. The number of aromatic nitrogens is 2. The SMILES string of the molecule is Cc1cc(C(=O)c2ccccc2)nc2c1c1ccccc1n2C. The minimum Gasteiger partial charge on any atom is -0.328 e. The number of para-hydroxylation sites is 1. The zero-order valence-electron chi connectivity index (χ0n) is 13.1. The maximum absolute atomic E-state index is 12.7. The highest BCUT2D eigenvalue weighted by molar-refractivity contribution is 6.12. The van der Waals surface area contributed by atoms with E-state index >= 15 is 0 Å². The van der Waals surface area contributed by atoms with Gasteiger partial charge in [0.2, 0.25) is 5.78 Å². The van der Waals surface area contributed by atoms with Crippen LogP contribution in [0.1, 0.15) is 21.6 Å². The van der Waals surface area contributed by atoms with Gasteiger partial charge in [-0.15, -0.1) is 0 Å². The van der Waals surface area contributed by atoms with Gasteiger partial charge in [0.15, 0.2) is 0 Å². The molecule has 0 saturated carbocycles. The normalized spacial score (nSPS) is 11.2. The zero-order valence-corrected chi connectivity index (χ0v) is 13.1. The van der Waals surface area contributed by atoms with Crippen LogP contribution in [0.2, 0.25) is 0 Å². The standard InChI is InChI=1S/C20H16N2O/c1-13-12-16(19(23)14-8-4-3-5-9-14)21-20-18(13)15-10-6-7-11-17(15)22(20)2/h3-12H,1-2H3. The molecule has 0 atom stereocenters. The Labute approximate surface area is 134 Å². The molecular formula is C20H16N2O. The molecule has 0 N–H and O–H groups in total. The van der Waals surface area contributed by atoms with Gasteiger partial charge in [0.1, 0.15) is 11.3 Å². The van der Waals surface area contributed by atoms with E-state index in [1.165, 1.54) is 5.39 Å². The third kappa shape index (κ3) is 2.05. The fraction of sp³-hybridized carbons (Fsp3) is 0.100. The Balaban J connectivity index is 1.99. The van der Waals surface area contributed by atoms with Gasteiger partial charge in [-0.3, -0.25) is 4.79 Å². The van der Waals surface area contributed by atoms with Crippen LogP contribution in [0.5, 0.6) is 0 Å². The molecule has 3 nitrogen and oxygen atoms in total. The molecule has 0 aliphatic carbocycles. The molecule has 0 unspecified atom stereocenters. The maximum Gasteiger partial charge on any atom is 0.211 e. The van der Waals surface area contributed by atoms with Crippen molar-refractivity contribution >= 4 is 27.7 Å². The molecule has 0 radical (unpaired) electrons. The highest BCUT2D eigenvalue weighted by Crippen LogP contribution is 2.30. The van der Waals surface area contributed by atoms with Crippen molar-refractivity contribution in [3.63, 3.8) is 0 Å². The van der Waals surface area contributed by atoms with E-state index < -0.39 is 0 Å². The summed E-state index contributed by atoms with van der Waals surface area (Å²) in [5.74, 6) is -0.0409. The second kappa shape index (κ2) is 5.06. The quantitative estimate of drug-likeness (QED) is 0.518. The number of carbonyl (C=O) groups is 1. The van der Waals surface area contributed by atoms with Crippen LogP contribution >= 0.6 is 0 Å². The number of fused-ring (bicyclic) bond motifs is 3. The van der Waals surface area contributed by atoms with E-state index in [4.69, 9.17) is 0 Å². The van der Waals surface area contributed by atoms with Crippen LogP contribution in [0.3, 0.4) is 0 Å². The molecule has 0 bridgehead atoms. The van der Waals surface area contributed by atoms with Gasteiger partial charge in [-0.2, -0.15) is 0 Å². The Morgan fingerprint density at radius 1 is 1.00 bits per heavy atom. The second-order valence-corrected chi connectivity index (χ2v) is 5.79. The average molecular weight is 300 g/mol. The van der Waals surface area contributed by atoms with Crippen LogP contribution < -0.4 is 0 Å². The molecule has 0 spiro atoms. The third-order valence-corrected chi connectivity index (χ3v) is 4.32. The summed E-state index contributed by atoms with van der Waals surface area (Å²) in [6, 6.07) is 19.4. The lowest BCUT2D eigenvalue weighted by Crippen LogP contribution is -2.05. The molecule has 4 aromatic rings. The van der Waals surface area contributed by atoms with Gasteiger partial charge in [-0.25, -0.2) is 4.98 Å². The first kappa shape index (κ1) is 13.7. The molecule has 0 saturated heterocycles. The van der Waals surface area contributed by atoms with Crippen LogP contribution in [0, 0.1) is 6.92 Å². The summed E-state index contributed by atoms with van der Waals surface area (Å²) in [6.45, 7) is 2.04. The second-order valence-electron chi connectivity index (χ2n) is 5.79. The van der Waals surface area contributed by atoms with Crippen molar-refractivity contribution < 1.29 is 4.79 Å². The number of carbonyl (C=O) groups excluding carboxylic acids is 1. The number of rotatable bonds is 2. The first-order valence-corrected chi connectivity index (χ1v) is 7.61. The van der Waals surface area contributed by atoms with Crippen molar-refractivity contribution in [3.8, 4) is 0 Å². The van der Waals surface area contributed by atoms with Crippen molar-refractivity contribution in [1.29, 1.82) is 0 Å². The summed E-state index contributed by atoms with van der Waals surface area (Å²) in [6.07, 6.45) is 0. The lowest BCUT2D eigenvalue weighted by Gasteiger charge is -2.05. The largest absolute Gasteiger partial charge is 0.328 e. The Morgan fingerprint density at radius 3 is 2.48 bits per heavy atom. The van der Waals surface area contributed by atoms with Crippen LogP contribution in [0.15, 0.2) is 60.7 Å². The lowest BCUT2D eigenvalue weighted by atomic mass is 10.0. The van der Waals surface area contributed by atoms with E-state index in [2.05, 4.69) is 21.7 Å². The van der Waals surface area contributed by atoms with E-state index in [1.807, 2.05) is 62.5 Å². The number of nitrogens with zero attached hydrogens (tertiary/aromatic N) is 2. The molecule has 0 fully saturated rings. The van der Waals surface area contributed by atoms with Gasteiger partial charge in [-0.05, 0) is 24.6 Å². The van der Waals surface area contributed by atoms with Crippen LogP contribution in [0.25, 0.3) is 21.9 Å². The Morgan fingerprint density at radius 2 is 1.70 bits per heavy atom. The highest BCUT2D eigenvalue weighted by atomic mass is 16.1. The number of hydrogen-bond donors (Lipinski definition) is 0. The zero-order chi connectivity index (χ0) is 16.0. The minimum atomic E-state index is -0.0409. The Bertz CT molecular complexity index is 1050. The first-order chi connectivity index (χ1) is 11.2. The molecule has 0 aliphatic rings. The first-order valence-electron chi connectivity index (χ1n) is 7.61. The van der Waals surface area contributed by atoms with Crippen LogP contribution in [-0.4, -0.2) is 15.3 Å². The van der Waals surface area contributed by atoms with Gasteiger partial charge in [0.25, 0.3) is 0 Å². The van der Waals surface area contributed by atoms with Crippen molar-refractivity contribution in [1.82, 2.24) is 9.55 Å². The van der Waals surface area contributed by atoms with E-state index in [1.54, 1.807) is 0 Å². The summed E-state index contributed by atoms with van der Waals surface area (Å²) in [4.78, 5) is 17.4. The predicted molar refractivity (Wildman–Crippen MR) is 92.8 cm³/mol. The van der Waals surface area contributed by atoms with Gasteiger partial charge in [0, 0.05) is 23.4 Å². The summed E-state index contributed by atoms with van der Waals surface area (Å²) in [5.41, 5.74) is 4.21. The number of hydrogen-bond acceptors (Lipinski definition) is 2. The number of ketones is 1. The topological polar surface area (TPSA) is 34.9 Å². The van der Waals surface area contributed by atoms with Crippen molar-refractivity contribution in [2.24, 2.45) is 7.05 Å². The molecule has 2 aromatic heterocycles. The Hall–Kier alpha value is -2.94. The molecule has 0 aliphatic heterocycles. The molecule has 3 heteroatoms. The van der Waals surface area contributed by atoms with Crippen LogP contribution in [0.4, 0.5) is 0 Å². The molecule has 2 heterocycles. The summed E-state index contributed by atoms with van der Waals surface area (Å²) < 4.78 is 2.05. The summed E-state index contributed by atoms with van der Waals surface area (Å²) in [5, 5.41) is 2.29. The fourth-order valence-corrected chi connectivity index (χ4v) is 3.18. The predicted octanol–water partition coefficient (Wildman–Crippen LogP) is 4.27. The molecule has 2 aromatic carbocycles. The van der Waals surface area contributed by atoms with Crippen LogP contribution in [-0.2, 0) is 7.05 Å². The summed E-state index contributed by atoms with van der Waals surface area (Å²) >= 11 is 0. The molecule has 112 valence electrons. The average Bonchev–Trinajstić information content (AvgIpc) is 2.88. The van der Waals surface area contributed by atoms with Gasteiger partial charge in [0.05, 0.1) is 5.52 Å². The van der Waals surface area contributed by atoms with Crippen molar-refractivity contribution in [2.75, 3.05) is 0 Å². The van der Waals surface area contributed by atoms with E-state index in [0.29, 0.717) is 11.3 Å². The van der Waals surface area contributed by atoms with Gasteiger partial charge in [-0.1, -0.05) is 48.5 Å². The van der Waals surface area contributed by atoms with E-state index in [9.17, 15) is 4.79 Å². The monoisotopic (exact) mass is 300 g/mol. The number of pyridine rings is 1. The lowest BCUT2D eigenvalue weighted by molar-refractivity contribution is 0.103. The number of aryl methyl sites for hydroxylation is 2. The van der Waals surface area contributed by atoms with Crippen molar-refractivity contribution in [2.45, 2.75) is 6.92 Å². The Kier molecular flexibility index (Phi) is 3.01. The van der Waals surface area contributed by atoms with E-state index in [-0.39, 0.29) is 5.78 Å². The number of benzene rings is 2. The highest BCUT2D eigenvalue weighted by Gasteiger charge is 2.16. The summed E-state index contributed by atoms with van der Waals surface area (Å²) in [7, 11) is 1.99. The molecular weight excluding hydrogens is 284 g/mol. The minimum absolute atomic E-state index is 0.0409. The molecule has 0 amide bonds. The van der Waals surface area contributed by atoms with Gasteiger partial charge < -0.3 is 4.57 Å².